The molecule has 9 heteroatoms. The number of benzene rings is 2. The zero-order chi connectivity index (χ0) is 24.4. The van der Waals surface area contributed by atoms with E-state index in [9.17, 15) is 14.0 Å². The molecule has 3 aromatic rings. The molecule has 2 aliphatic heterocycles. The number of carbonyl (C=O) groups excluding carboxylic acids is 2. The van der Waals surface area contributed by atoms with Crippen molar-refractivity contribution < 1.29 is 18.7 Å². The molecule has 1 fully saturated rings. The minimum absolute atomic E-state index is 0.0242. The monoisotopic (exact) mass is 511 g/mol. The summed E-state index contributed by atoms with van der Waals surface area (Å²) in [5.74, 6) is 2.16. The number of hydrogen-bond acceptors (Lipinski definition) is 6. The topological polar surface area (TPSA) is 62.7 Å². The summed E-state index contributed by atoms with van der Waals surface area (Å²) in [6, 6.07) is 11.9. The van der Waals surface area contributed by atoms with Gasteiger partial charge in [-0.1, -0.05) is 18.2 Å². The van der Waals surface area contributed by atoms with Gasteiger partial charge in [0.25, 0.3) is 5.91 Å². The Morgan fingerprint density at radius 2 is 1.97 bits per heavy atom. The second-order valence-corrected chi connectivity index (χ2v) is 10.8. The van der Waals surface area contributed by atoms with Gasteiger partial charge in [0.15, 0.2) is 0 Å². The van der Waals surface area contributed by atoms with Crippen LogP contribution in [0.15, 0.2) is 47.8 Å². The fourth-order valence-corrected chi connectivity index (χ4v) is 6.19. The number of nitrogens with zero attached hydrogens (tertiary/aromatic N) is 3. The van der Waals surface area contributed by atoms with E-state index in [1.807, 2.05) is 40.9 Å². The van der Waals surface area contributed by atoms with Crippen molar-refractivity contribution in [1.82, 2.24) is 14.8 Å². The van der Waals surface area contributed by atoms with Crippen molar-refractivity contribution >= 4 is 34.9 Å². The fraction of sp³-hybridized carbons (Fsp3) is 0.346. The van der Waals surface area contributed by atoms with Gasteiger partial charge in [-0.2, -0.15) is 11.8 Å². The Morgan fingerprint density at radius 3 is 2.74 bits per heavy atom. The molecule has 2 aliphatic rings. The lowest BCUT2D eigenvalue weighted by Crippen LogP contribution is -2.39. The molecule has 1 saturated heterocycles. The molecule has 1 atom stereocenters. The lowest BCUT2D eigenvalue weighted by molar-refractivity contribution is -0.130. The van der Waals surface area contributed by atoms with E-state index in [1.165, 1.54) is 23.5 Å². The number of fused-ring (bicyclic) bond motifs is 1. The molecule has 0 aliphatic carbocycles. The Labute approximate surface area is 212 Å². The number of carbonyl (C=O) groups is 2. The van der Waals surface area contributed by atoms with Crippen LogP contribution in [-0.2, 0) is 17.8 Å². The van der Waals surface area contributed by atoms with Gasteiger partial charge in [0.1, 0.15) is 28.9 Å². The van der Waals surface area contributed by atoms with Crippen LogP contribution in [0, 0.1) is 5.82 Å². The van der Waals surface area contributed by atoms with Crippen LogP contribution in [0.4, 0.5) is 4.39 Å². The maximum Gasteiger partial charge on any atom is 0.273 e. The third-order valence-electron chi connectivity index (χ3n) is 6.35. The van der Waals surface area contributed by atoms with E-state index in [-0.39, 0.29) is 30.3 Å². The quantitative estimate of drug-likeness (QED) is 0.503. The summed E-state index contributed by atoms with van der Waals surface area (Å²) in [4.78, 5) is 33.2. The summed E-state index contributed by atoms with van der Waals surface area (Å²) < 4.78 is 20.1. The van der Waals surface area contributed by atoms with E-state index in [0.717, 1.165) is 52.7 Å². The third-order valence-corrected chi connectivity index (χ3v) is 8.11. The summed E-state index contributed by atoms with van der Waals surface area (Å²) in [6.07, 6.45) is 0.730. The number of ether oxygens (including phenoxy) is 1. The minimum Gasteiger partial charge on any atom is -0.486 e. The first-order chi connectivity index (χ1) is 17.0. The molecule has 0 saturated carbocycles. The van der Waals surface area contributed by atoms with E-state index >= 15 is 0 Å². The predicted molar refractivity (Wildman–Crippen MR) is 135 cm³/mol. The van der Waals surface area contributed by atoms with Crippen molar-refractivity contribution in [2.24, 2.45) is 0 Å². The van der Waals surface area contributed by atoms with Crippen molar-refractivity contribution in [3.05, 3.63) is 81.1 Å². The van der Waals surface area contributed by atoms with Gasteiger partial charge in [0.05, 0.1) is 6.04 Å². The standard InChI is InChI=1S/C26H26FN3O3S2/c1-17(31)30-8-7-18-5-6-21(14-22(18)25(30)19-3-2-4-20(27)13-19)33-15-24-28-23(16-35-24)26(32)29-9-11-34-12-10-29/h2-6,13-14,16,25H,7-12,15H2,1H3/t25-/m0/s1. The summed E-state index contributed by atoms with van der Waals surface area (Å²) in [7, 11) is 0. The van der Waals surface area contributed by atoms with Gasteiger partial charge in [0, 0.05) is 43.4 Å². The molecule has 35 heavy (non-hydrogen) atoms. The summed E-state index contributed by atoms with van der Waals surface area (Å²) in [5.41, 5.74) is 3.25. The Balaban J connectivity index is 1.34. The summed E-state index contributed by atoms with van der Waals surface area (Å²) >= 11 is 3.27. The van der Waals surface area contributed by atoms with Crippen LogP contribution in [0.3, 0.4) is 0 Å². The minimum atomic E-state index is -0.373. The second-order valence-electron chi connectivity index (χ2n) is 8.60. The molecule has 0 bridgehead atoms. The number of thioether (sulfide) groups is 1. The van der Waals surface area contributed by atoms with Crippen LogP contribution in [0.1, 0.15) is 45.2 Å². The molecule has 5 rings (SSSR count). The smallest absolute Gasteiger partial charge is 0.273 e. The van der Waals surface area contributed by atoms with Crippen molar-refractivity contribution in [3.8, 4) is 5.75 Å². The molecular formula is C26H26FN3O3S2. The molecule has 1 aromatic heterocycles. The van der Waals surface area contributed by atoms with Crippen LogP contribution < -0.4 is 4.74 Å². The molecule has 2 aromatic carbocycles. The third kappa shape index (κ3) is 5.21. The zero-order valence-electron chi connectivity index (χ0n) is 19.4. The molecule has 0 radical (unpaired) electrons. The lowest BCUT2D eigenvalue weighted by atomic mass is 9.88. The Morgan fingerprint density at radius 1 is 1.14 bits per heavy atom. The second kappa shape index (κ2) is 10.4. The molecular weight excluding hydrogens is 485 g/mol. The highest BCUT2D eigenvalue weighted by Gasteiger charge is 2.31. The van der Waals surface area contributed by atoms with Gasteiger partial charge in [-0.15, -0.1) is 11.3 Å². The normalized spacial score (nSPS) is 17.7. The van der Waals surface area contributed by atoms with Crippen LogP contribution in [-0.4, -0.2) is 57.7 Å². The number of rotatable bonds is 5. The molecule has 182 valence electrons. The maximum absolute atomic E-state index is 14.0. The van der Waals surface area contributed by atoms with Gasteiger partial charge in [-0.25, -0.2) is 9.37 Å². The average Bonchev–Trinajstić information content (AvgIpc) is 3.35. The zero-order valence-corrected chi connectivity index (χ0v) is 21.0. The van der Waals surface area contributed by atoms with Crippen LogP contribution >= 0.6 is 23.1 Å². The van der Waals surface area contributed by atoms with Gasteiger partial charge in [-0.05, 0) is 47.4 Å². The SMILES string of the molecule is CC(=O)N1CCc2ccc(OCc3nc(C(=O)N4CCSCC4)cs3)cc2[C@@H]1c1cccc(F)c1. The number of halogens is 1. The highest BCUT2D eigenvalue weighted by atomic mass is 32.2. The first-order valence-electron chi connectivity index (χ1n) is 11.6. The highest BCUT2D eigenvalue weighted by molar-refractivity contribution is 7.99. The van der Waals surface area contributed by atoms with Crippen molar-refractivity contribution in [3.63, 3.8) is 0 Å². The van der Waals surface area contributed by atoms with E-state index in [2.05, 4.69) is 4.98 Å². The van der Waals surface area contributed by atoms with Crippen LogP contribution in [0.5, 0.6) is 5.75 Å². The molecule has 0 unspecified atom stereocenters. The van der Waals surface area contributed by atoms with Gasteiger partial charge >= 0.3 is 0 Å². The Hall–Kier alpha value is -2.91. The first-order valence-corrected chi connectivity index (χ1v) is 13.6. The highest BCUT2D eigenvalue weighted by Crippen LogP contribution is 2.37. The number of hydrogen-bond donors (Lipinski definition) is 0. The summed E-state index contributed by atoms with van der Waals surface area (Å²) in [5, 5.41) is 2.52. The van der Waals surface area contributed by atoms with Gasteiger partial charge < -0.3 is 14.5 Å². The van der Waals surface area contributed by atoms with Crippen molar-refractivity contribution in [2.45, 2.75) is 26.0 Å². The number of thiazole rings is 1. The Kier molecular flexibility index (Phi) is 7.06. The molecule has 6 nitrogen and oxygen atoms in total. The largest absolute Gasteiger partial charge is 0.486 e. The number of aromatic nitrogens is 1. The van der Waals surface area contributed by atoms with E-state index < -0.39 is 0 Å². The average molecular weight is 512 g/mol. The van der Waals surface area contributed by atoms with Crippen LogP contribution in [0.2, 0.25) is 0 Å². The lowest BCUT2D eigenvalue weighted by Gasteiger charge is -2.37. The maximum atomic E-state index is 14.0. The summed E-state index contributed by atoms with van der Waals surface area (Å²) in [6.45, 7) is 3.88. The van der Waals surface area contributed by atoms with Crippen molar-refractivity contribution in [1.29, 1.82) is 0 Å². The van der Waals surface area contributed by atoms with E-state index in [4.69, 9.17) is 4.74 Å². The van der Waals surface area contributed by atoms with E-state index in [0.29, 0.717) is 18.0 Å². The predicted octanol–water partition coefficient (Wildman–Crippen LogP) is 4.54. The van der Waals surface area contributed by atoms with Gasteiger partial charge in [-0.3, -0.25) is 9.59 Å². The molecule has 3 heterocycles. The molecule has 0 N–H and O–H groups in total. The van der Waals surface area contributed by atoms with E-state index in [1.54, 1.807) is 23.3 Å². The number of amides is 2. The van der Waals surface area contributed by atoms with Gasteiger partial charge in [0.2, 0.25) is 5.91 Å². The van der Waals surface area contributed by atoms with Crippen molar-refractivity contribution in [2.75, 3.05) is 31.1 Å². The molecule has 2 amide bonds. The fourth-order valence-electron chi connectivity index (χ4n) is 4.61. The Bertz CT molecular complexity index is 1240. The first kappa shape index (κ1) is 23.8. The van der Waals surface area contributed by atoms with Crippen LogP contribution in [0.25, 0.3) is 0 Å². The molecule has 0 spiro atoms.